The summed E-state index contributed by atoms with van der Waals surface area (Å²) < 4.78 is 22.1. The number of hydrogen-bond acceptors (Lipinski definition) is 10. The van der Waals surface area contributed by atoms with Gasteiger partial charge in [-0.15, -0.1) is 0 Å². The second-order valence-electron chi connectivity index (χ2n) is 16.0. The number of nitrogens with zero attached hydrogens (tertiary/aromatic N) is 2. The van der Waals surface area contributed by atoms with E-state index in [9.17, 15) is 19.8 Å². The van der Waals surface area contributed by atoms with Crippen LogP contribution in [0.3, 0.4) is 0 Å². The van der Waals surface area contributed by atoms with E-state index in [4.69, 9.17) is 18.9 Å². The van der Waals surface area contributed by atoms with E-state index in [0.29, 0.717) is 49.7 Å². The molecule has 1 aromatic rings. The van der Waals surface area contributed by atoms with Crippen molar-refractivity contribution in [2.45, 2.75) is 168 Å². The van der Waals surface area contributed by atoms with Crippen LogP contribution in [-0.4, -0.2) is 105 Å². The number of unbranched alkanes of at least 4 members (excludes halogenated alkanes) is 14. The molecule has 0 aromatic heterocycles. The van der Waals surface area contributed by atoms with Gasteiger partial charge in [0.2, 0.25) is 5.75 Å². The Morgan fingerprint density at radius 2 is 1.27 bits per heavy atom. The van der Waals surface area contributed by atoms with Crippen LogP contribution in [0.5, 0.6) is 17.2 Å². The van der Waals surface area contributed by atoms with Crippen molar-refractivity contribution in [3.8, 4) is 17.2 Å². The van der Waals surface area contributed by atoms with Crippen LogP contribution in [0.4, 0.5) is 0 Å². The lowest BCUT2D eigenvalue weighted by Gasteiger charge is -2.30. The van der Waals surface area contributed by atoms with E-state index in [-0.39, 0.29) is 18.1 Å². The second kappa shape index (κ2) is 33.3. The SMILES string of the molecule is CCCCCCCCCCC(O)CN(CCCCC(=O)Oc1c(OC)cc(/C=C/C(=O)OCCCN(C)C)cc1OC)CC(O)C(C)CCCCCCCCC. The van der Waals surface area contributed by atoms with Crippen molar-refractivity contribution in [2.24, 2.45) is 5.92 Å². The molecule has 0 radical (unpaired) electrons. The van der Waals surface area contributed by atoms with E-state index in [2.05, 4.69) is 25.7 Å². The quantitative estimate of drug-likeness (QED) is 0.0295. The van der Waals surface area contributed by atoms with E-state index >= 15 is 0 Å². The van der Waals surface area contributed by atoms with Gasteiger partial charge >= 0.3 is 11.9 Å². The van der Waals surface area contributed by atoms with Gasteiger partial charge in [-0.25, -0.2) is 4.79 Å². The average molecular weight is 791 g/mol. The van der Waals surface area contributed by atoms with Gasteiger partial charge in [-0.1, -0.05) is 117 Å². The first-order valence-electron chi connectivity index (χ1n) is 22.1. The van der Waals surface area contributed by atoms with Gasteiger partial charge in [0.05, 0.1) is 33.0 Å². The van der Waals surface area contributed by atoms with Crippen molar-refractivity contribution < 1.29 is 38.7 Å². The number of benzene rings is 1. The highest BCUT2D eigenvalue weighted by molar-refractivity contribution is 5.87. The highest BCUT2D eigenvalue weighted by Gasteiger charge is 2.21. The lowest BCUT2D eigenvalue weighted by Crippen LogP contribution is -2.40. The fourth-order valence-electron chi connectivity index (χ4n) is 6.85. The number of methoxy groups -OCH3 is 2. The Morgan fingerprint density at radius 3 is 1.82 bits per heavy atom. The summed E-state index contributed by atoms with van der Waals surface area (Å²) >= 11 is 0. The number of rotatable bonds is 36. The number of aliphatic hydroxyl groups excluding tert-OH is 2. The van der Waals surface area contributed by atoms with Gasteiger partial charge < -0.3 is 34.1 Å². The number of esters is 2. The molecule has 0 saturated carbocycles. The molecule has 1 aromatic carbocycles. The highest BCUT2D eigenvalue weighted by Crippen LogP contribution is 2.39. The van der Waals surface area contributed by atoms with Crippen molar-refractivity contribution in [3.05, 3.63) is 23.8 Å². The van der Waals surface area contributed by atoms with E-state index in [1.807, 2.05) is 19.0 Å². The zero-order chi connectivity index (χ0) is 41.4. The molecule has 10 nitrogen and oxygen atoms in total. The van der Waals surface area contributed by atoms with E-state index < -0.39 is 24.1 Å². The summed E-state index contributed by atoms with van der Waals surface area (Å²) in [6.45, 7) is 9.50. The maximum absolute atomic E-state index is 13.0. The summed E-state index contributed by atoms with van der Waals surface area (Å²) in [4.78, 5) is 29.4. The van der Waals surface area contributed by atoms with Crippen molar-refractivity contribution in [2.75, 3.05) is 61.1 Å². The molecule has 3 unspecified atom stereocenters. The Hall–Kier alpha value is -2.66. The summed E-state index contributed by atoms with van der Waals surface area (Å²) in [6.07, 6.45) is 24.7. The van der Waals surface area contributed by atoms with Crippen LogP contribution in [0.15, 0.2) is 18.2 Å². The van der Waals surface area contributed by atoms with Crippen LogP contribution in [0.25, 0.3) is 6.08 Å². The first kappa shape index (κ1) is 51.4. The Bertz CT molecular complexity index is 1150. The molecule has 0 spiro atoms. The number of carbonyl (C=O) groups excluding carboxylic acids is 2. The number of hydrogen-bond donors (Lipinski definition) is 2. The van der Waals surface area contributed by atoms with Crippen LogP contribution in [0.2, 0.25) is 0 Å². The maximum atomic E-state index is 13.0. The van der Waals surface area contributed by atoms with Crippen LogP contribution in [0.1, 0.15) is 161 Å². The predicted octanol–water partition coefficient (Wildman–Crippen LogP) is 9.62. The lowest BCUT2D eigenvalue weighted by atomic mass is 9.96. The molecule has 2 N–H and O–H groups in total. The van der Waals surface area contributed by atoms with Crippen LogP contribution in [-0.2, 0) is 14.3 Å². The topological polar surface area (TPSA) is 118 Å². The highest BCUT2D eigenvalue weighted by atomic mass is 16.6. The lowest BCUT2D eigenvalue weighted by molar-refractivity contribution is -0.138. The van der Waals surface area contributed by atoms with Crippen LogP contribution >= 0.6 is 0 Å². The monoisotopic (exact) mass is 791 g/mol. The van der Waals surface area contributed by atoms with Gasteiger partial charge in [0.25, 0.3) is 0 Å². The molecule has 0 aliphatic carbocycles. The zero-order valence-electron chi connectivity index (χ0n) is 36.7. The molecular weight excluding hydrogens is 709 g/mol. The van der Waals surface area contributed by atoms with Gasteiger partial charge in [-0.2, -0.15) is 0 Å². The van der Waals surface area contributed by atoms with E-state index in [0.717, 1.165) is 51.5 Å². The minimum absolute atomic E-state index is 0.187. The average Bonchev–Trinajstić information content (AvgIpc) is 3.17. The predicted molar refractivity (Wildman–Crippen MR) is 230 cm³/mol. The first-order valence-corrected chi connectivity index (χ1v) is 22.1. The largest absolute Gasteiger partial charge is 0.493 e. The molecule has 0 fully saturated rings. The third-order valence-corrected chi connectivity index (χ3v) is 10.4. The third kappa shape index (κ3) is 25.6. The number of ether oxygens (including phenoxy) is 4. The summed E-state index contributed by atoms with van der Waals surface area (Å²) in [5.74, 6) is 0.150. The molecule has 0 saturated heterocycles. The molecule has 0 bridgehead atoms. The Labute approximate surface area is 341 Å². The standard InChI is InChI=1S/C46H82N2O8/c1-8-10-12-14-16-18-20-22-27-40(49)36-48(37-41(50)38(3)26-21-19-17-15-13-11-9-2)32-24-23-28-45(52)56-46-42(53-6)34-39(35-43(46)54-7)29-30-44(51)55-33-25-31-47(4)5/h29-30,34-35,38,40-41,49-50H,8-28,31-33,36-37H2,1-7H3/b30-29+. The number of aliphatic hydroxyl groups is 2. The Morgan fingerprint density at radius 1 is 0.714 bits per heavy atom. The summed E-state index contributed by atoms with van der Waals surface area (Å²) in [5, 5.41) is 22.2. The van der Waals surface area contributed by atoms with Crippen LogP contribution < -0.4 is 14.2 Å². The van der Waals surface area contributed by atoms with Gasteiger partial charge in [0.15, 0.2) is 11.5 Å². The fraction of sp³-hybridized carbons (Fsp3) is 0.783. The summed E-state index contributed by atoms with van der Waals surface area (Å²) in [7, 11) is 6.91. The van der Waals surface area contributed by atoms with E-state index in [1.165, 1.54) is 97.3 Å². The Kier molecular flexibility index (Phi) is 30.6. The normalized spacial score (nSPS) is 13.3. The van der Waals surface area contributed by atoms with Crippen molar-refractivity contribution in [1.29, 1.82) is 0 Å². The molecule has 324 valence electrons. The van der Waals surface area contributed by atoms with Crippen LogP contribution in [0, 0.1) is 5.92 Å². The molecular formula is C46H82N2O8. The molecule has 0 aliphatic rings. The molecule has 1 rings (SSSR count). The minimum Gasteiger partial charge on any atom is -0.493 e. The van der Waals surface area contributed by atoms with Crippen molar-refractivity contribution in [1.82, 2.24) is 9.80 Å². The molecule has 0 aliphatic heterocycles. The first-order chi connectivity index (χ1) is 27.0. The summed E-state index contributed by atoms with van der Waals surface area (Å²) in [6, 6.07) is 3.36. The van der Waals surface area contributed by atoms with Gasteiger partial charge in [0.1, 0.15) is 0 Å². The zero-order valence-corrected chi connectivity index (χ0v) is 36.7. The smallest absolute Gasteiger partial charge is 0.330 e. The molecule has 10 heteroatoms. The fourth-order valence-corrected chi connectivity index (χ4v) is 6.85. The Balaban J connectivity index is 2.74. The minimum atomic E-state index is -0.466. The number of carbonyl (C=O) groups is 2. The van der Waals surface area contributed by atoms with E-state index in [1.54, 1.807) is 18.2 Å². The van der Waals surface area contributed by atoms with Crippen molar-refractivity contribution >= 4 is 18.0 Å². The van der Waals surface area contributed by atoms with Gasteiger partial charge in [-0.05, 0) is 82.4 Å². The van der Waals surface area contributed by atoms with Crippen molar-refractivity contribution in [3.63, 3.8) is 0 Å². The summed E-state index contributed by atoms with van der Waals surface area (Å²) in [5.41, 5.74) is 0.632. The molecule has 56 heavy (non-hydrogen) atoms. The molecule has 0 amide bonds. The van der Waals surface area contributed by atoms with Gasteiger partial charge in [0, 0.05) is 32.1 Å². The molecule has 3 atom stereocenters. The maximum Gasteiger partial charge on any atom is 0.330 e. The van der Waals surface area contributed by atoms with Gasteiger partial charge in [-0.3, -0.25) is 9.69 Å². The third-order valence-electron chi connectivity index (χ3n) is 10.4. The molecule has 0 heterocycles. The second-order valence-corrected chi connectivity index (χ2v) is 16.0.